The molecule has 0 aliphatic carbocycles. The maximum atomic E-state index is 13.1. The molecule has 0 atom stereocenters. The van der Waals surface area contributed by atoms with Crippen LogP contribution in [0.5, 0.6) is 0 Å². The smallest absolute Gasteiger partial charge is 0.195 e. The van der Waals surface area contributed by atoms with Gasteiger partial charge in [0.1, 0.15) is 7.11 Å². The highest BCUT2D eigenvalue weighted by atomic mass is 19.2. The Morgan fingerprint density at radius 3 is 2.43 bits per heavy atom. The van der Waals surface area contributed by atoms with Gasteiger partial charge in [-0.3, -0.25) is 0 Å². The van der Waals surface area contributed by atoms with Crippen molar-refractivity contribution >= 4 is 5.71 Å². The minimum absolute atomic E-state index is 0.120. The molecule has 5 heteroatoms. The topological polar surface area (TPSA) is 21.6 Å². The van der Waals surface area contributed by atoms with E-state index in [2.05, 4.69) is 9.99 Å². The summed E-state index contributed by atoms with van der Waals surface area (Å²) in [6, 6.07) is 1.94. The molecule has 2 nitrogen and oxygen atoms in total. The Balaban J connectivity index is 3.24. The summed E-state index contributed by atoms with van der Waals surface area (Å²) in [4.78, 5) is 4.39. The van der Waals surface area contributed by atoms with E-state index in [1.165, 1.54) is 14.0 Å². The lowest BCUT2D eigenvalue weighted by molar-refractivity contribution is 0.213. The van der Waals surface area contributed by atoms with E-state index in [-0.39, 0.29) is 11.3 Å². The van der Waals surface area contributed by atoms with E-state index in [0.717, 1.165) is 12.1 Å². The van der Waals surface area contributed by atoms with Gasteiger partial charge in [-0.2, -0.15) is 0 Å². The van der Waals surface area contributed by atoms with Crippen LogP contribution in [-0.4, -0.2) is 12.8 Å². The molecule has 0 aliphatic heterocycles. The van der Waals surface area contributed by atoms with Gasteiger partial charge in [-0.25, -0.2) is 13.2 Å². The third-order valence-electron chi connectivity index (χ3n) is 1.65. The maximum Gasteiger partial charge on any atom is 0.195 e. The molecular weight excluding hydrogens is 195 g/mol. The average Bonchev–Trinajstić information content (AvgIpc) is 2.15. The van der Waals surface area contributed by atoms with Crippen molar-refractivity contribution in [2.45, 2.75) is 6.92 Å². The van der Waals surface area contributed by atoms with Crippen LogP contribution in [0.3, 0.4) is 0 Å². The molecule has 0 N–H and O–H groups in total. The molecule has 0 spiro atoms. The predicted molar refractivity (Wildman–Crippen MR) is 45.5 cm³/mol. The van der Waals surface area contributed by atoms with Crippen LogP contribution in [0.1, 0.15) is 12.5 Å². The second kappa shape index (κ2) is 4.13. The molecule has 14 heavy (non-hydrogen) atoms. The standard InChI is InChI=1S/C9H8F3NO/c1-5(13-14-2)6-3-4-7(10)9(12)8(6)11/h3-4H,1-2H3/b13-5+. The summed E-state index contributed by atoms with van der Waals surface area (Å²) < 4.78 is 38.4. The predicted octanol–water partition coefficient (Wildman–Crippen LogP) is 2.47. The Morgan fingerprint density at radius 2 is 1.86 bits per heavy atom. The van der Waals surface area contributed by atoms with Crippen LogP contribution in [0.15, 0.2) is 17.3 Å². The third kappa shape index (κ3) is 1.86. The Kier molecular flexibility index (Phi) is 3.11. The highest BCUT2D eigenvalue weighted by Crippen LogP contribution is 2.15. The summed E-state index contributed by atoms with van der Waals surface area (Å²) in [5.41, 5.74) is 0.0228. The van der Waals surface area contributed by atoms with Gasteiger partial charge in [0.15, 0.2) is 17.5 Å². The van der Waals surface area contributed by atoms with Crippen LogP contribution in [0, 0.1) is 17.5 Å². The van der Waals surface area contributed by atoms with Crippen molar-refractivity contribution < 1.29 is 18.0 Å². The highest BCUT2D eigenvalue weighted by Gasteiger charge is 2.15. The van der Waals surface area contributed by atoms with Crippen molar-refractivity contribution in [1.29, 1.82) is 0 Å². The molecule has 0 saturated carbocycles. The summed E-state index contributed by atoms with van der Waals surface area (Å²) in [5, 5.41) is 3.41. The lowest BCUT2D eigenvalue weighted by Gasteiger charge is -2.02. The first-order valence-corrected chi connectivity index (χ1v) is 3.79. The van der Waals surface area contributed by atoms with E-state index in [1.54, 1.807) is 0 Å². The van der Waals surface area contributed by atoms with Crippen molar-refractivity contribution in [1.82, 2.24) is 0 Å². The van der Waals surface area contributed by atoms with E-state index >= 15 is 0 Å². The van der Waals surface area contributed by atoms with Gasteiger partial charge >= 0.3 is 0 Å². The molecule has 1 aromatic carbocycles. The second-order valence-electron chi connectivity index (χ2n) is 2.58. The van der Waals surface area contributed by atoms with Gasteiger partial charge in [0.2, 0.25) is 0 Å². The van der Waals surface area contributed by atoms with E-state index in [1.807, 2.05) is 0 Å². The normalized spacial score (nSPS) is 11.6. The highest BCUT2D eigenvalue weighted by molar-refractivity contribution is 5.98. The Hall–Kier alpha value is -1.52. The zero-order valence-electron chi connectivity index (χ0n) is 7.64. The third-order valence-corrected chi connectivity index (χ3v) is 1.65. The van der Waals surface area contributed by atoms with Gasteiger partial charge in [-0.15, -0.1) is 0 Å². The Morgan fingerprint density at radius 1 is 1.21 bits per heavy atom. The van der Waals surface area contributed by atoms with Crippen molar-refractivity contribution in [2.24, 2.45) is 5.16 Å². The summed E-state index contributed by atoms with van der Waals surface area (Å²) in [6.45, 7) is 1.43. The lowest BCUT2D eigenvalue weighted by atomic mass is 10.1. The van der Waals surface area contributed by atoms with Crippen LogP contribution in [0.4, 0.5) is 13.2 Å². The lowest BCUT2D eigenvalue weighted by Crippen LogP contribution is -2.03. The number of hydrogen-bond donors (Lipinski definition) is 0. The van der Waals surface area contributed by atoms with Gasteiger partial charge in [-0.05, 0) is 19.1 Å². The van der Waals surface area contributed by atoms with E-state index in [4.69, 9.17) is 0 Å². The fourth-order valence-corrected chi connectivity index (χ4v) is 0.991. The first-order valence-electron chi connectivity index (χ1n) is 3.79. The summed E-state index contributed by atoms with van der Waals surface area (Å²) in [5.74, 6) is -3.99. The first kappa shape index (κ1) is 10.6. The minimum Gasteiger partial charge on any atom is -0.399 e. The maximum absolute atomic E-state index is 13.1. The zero-order valence-corrected chi connectivity index (χ0v) is 7.64. The molecular formula is C9H8F3NO. The molecule has 0 radical (unpaired) electrons. The number of halogens is 3. The second-order valence-corrected chi connectivity index (χ2v) is 2.58. The first-order chi connectivity index (χ1) is 6.57. The minimum atomic E-state index is -1.51. The van der Waals surface area contributed by atoms with E-state index in [0.29, 0.717) is 0 Å². The van der Waals surface area contributed by atoms with Gasteiger partial charge in [0, 0.05) is 5.56 Å². The molecule has 0 aliphatic rings. The molecule has 0 saturated heterocycles. The van der Waals surface area contributed by atoms with Gasteiger partial charge in [-0.1, -0.05) is 5.16 Å². The fourth-order valence-electron chi connectivity index (χ4n) is 0.991. The van der Waals surface area contributed by atoms with Crippen molar-refractivity contribution in [3.8, 4) is 0 Å². The zero-order chi connectivity index (χ0) is 10.7. The van der Waals surface area contributed by atoms with Crippen LogP contribution >= 0.6 is 0 Å². The monoisotopic (exact) mass is 203 g/mol. The number of oxime groups is 1. The van der Waals surface area contributed by atoms with Crippen LogP contribution < -0.4 is 0 Å². The van der Waals surface area contributed by atoms with Crippen LogP contribution in [0.25, 0.3) is 0 Å². The molecule has 0 bridgehead atoms. The largest absolute Gasteiger partial charge is 0.399 e. The number of benzene rings is 1. The van der Waals surface area contributed by atoms with Crippen LogP contribution in [0.2, 0.25) is 0 Å². The molecule has 0 fully saturated rings. The summed E-state index contributed by atoms with van der Waals surface area (Å²) in [6.07, 6.45) is 0. The molecule has 0 unspecified atom stereocenters. The van der Waals surface area contributed by atoms with Gasteiger partial charge in [0.05, 0.1) is 5.71 Å². The summed E-state index contributed by atoms with van der Waals surface area (Å²) >= 11 is 0. The number of nitrogens with zero attached hydrogens (tertiary/aromatic N) is 1. The average molecular weight is 203 g/mol. The van der Waals surface area contributed by atoms with Crippen molar-refractivity contribution in [3.05, 3.63) is 35.1 Å². The summed E-state index contributed by atoms with van der Waals surface area (Å²) in [7, 11) is 1.28. The van der Waals surface area contributed by atoms with Crippen molar-refractivity contribution in [3.63, 3.8) is 0 Å². The van der Waals surface area contributed by atoms with Gasteiger partial charge in [0.25, 0.3) is 0 Å². The molecule has 0 amide bonds. The fraction of sp³-hybridized carbons (Fsp3) is 0.222. The quantitative estimate of drug-likeness (QED) is 0.411. The van der Waals surface area contributed by atoms with Crippen molar-refractivity contribution in [2.75, 3.05) is 7.11 Å². The van der Waals surface area contributed by atoms with Crippen LogP contribution in [-0.2, 0) is 4.84 Å². The molecule has 0 heterocycles. The van der Waals surface area contributed by atoms with Gasteiger partial charge < -0.3 is 4.84 Å². The molecule has 1 rings (SSSR count). The Labute approximate surface area is 79.0 Å². The molecule has 76 valence electrons. The van der Waals surface area contributed by atoms with E-state index < -0.39 is 17.5 Å². The number of hydrogen-bond acceptors (Lipinski definition) is 2. The SMILES string of the molecule is CO/N=C(\C)c1ccc(F)c(F)c1F. The Bertz CT molecular complexity index is 377. The number of rotatable bonds is 2. The van der Waals surface area contributed by atoms with E-state index in [9.17, 15) is 13.2 Å². The molecule has 0 aromatic heterocycles. The molecule has 1 aromatic rings.